The van der Waals surface area contributed by atoms with Crippen molar-refractivity contribution in [3.8, 4) is 0 Å². The fourth-order valence-electron chi connectivity index (χ4n) is 3.58. The summed E-state index contributed by atoms with van der Waals surface area (Å²) in [5.74, 6) is 0.534. The van der Waals surface area contributed by atoms with E-state index in [9.17, 15) is 0 Å². The summed E-state index contributed by atoms with van der Waals surface area (Å²) in [6.45, 7) is 3.02. The highest BCUT2D eigenvalue weighted by molar-refractivity contribution is 5.58. The molecule has 1 N–H and O–H groups in total. The molecular formula is C18H19NO. The van der Waals surface area contributed by atoms with Gasteiger partial charge in [-0.05, 0) is 25.0 Å². The highest BCUT2D eigenvalue weighted by atomic mass is 16.5. The fraction of sp³-hybridized carbons (Fsp3) is 0.333. The van der Waals surface area contributed by atoms with Gasteiger partial charge in [-0.25, -0.2) is 0 Å². The molecule has 2 aliphatic rings. The van der Waals surface area contributed by atoms with Gasteiger partial charge in [-0.3, -0.25) is 0 Å². The quantitative estimate of drug-likeness (QED) is 0.832. The van der Waals surface area contributed by atoms with Crippen LogP contribution < -0.4 is 5.32 Å². The van der Waals surface area contributed by atoms with Crippen LogP contribution in [-0.4, -0.2) is 6.61 Å². The van der Waals surface area contributed by atoms with Crippen molar-refractivity contribution in [3.63, 3.8) is 0 Å². The van der Waals surface area contributed by atoms with Crippen LogP contribution in [0.15, 0.2) is 48.5 Å². The van der Waals surface area contributed by atoms with Gasteiger partial charge in [0.05, 0.1) is 12.1 Å². The monoisotopic (exact) mass is 265 g/mol. The molecule has 2 aromatic carbocycles. The molecule has 1 fully saturated rings. The maximum atomic E-state index is 6.05. The summed E-state index contributed by atoms with van der Waals surface area (Å²) in [5.41, 5.74) is 5.23. The van der Waals surface area contributed by atoms with Crippen molar-refractivity contribution in [2.45, 2.75) is 25.5 Å². The summed E-state index contributed by atoms with van der Waals surface area (Å²) in [6.07, 6.45) is 1.38. The standard InChI is InChI=1S/C18H19NO/c1-12-7-8-16-15(11-12)18-14(9-10-20-18)17(19-16)13-5-3-2-4-6-13/h2-8,11,14,17-19H,9-10H2,1H3/t14?,17-,18?/m1/s1. The average Bonchev–Trinajstić information content (AvgIpc) is 2.97. The van der Waals surface area contributed by atoms with Crippen LogP contribution in [0, 0.1) is 12.8 Å². The number of hydrogen-bond acceptors (Lipinski definition) is 2. The van der Waals surface area contributed by atoms with Crippen molar-refractivity contribution < 1.29 is 4.74 Å². The molecule has 0 radical (unpaired) electrons. The van der Waals surface area contributed by atoms with Crippen LogP contribution in [0.5, 0.6) is 0 Å². The average molecular weight is 265 g/mol. The molecular weight excluding hydrogens is 246 g/mol. The van der Waals surface area contributed by atoms with E-state index >= 15 is 0 Å². The number of benzene rings is 2. The third kappa shape index (κ3) is 1.83. The van der Waals surface area contributed by atoms with Gasteiger partial charge in [-0.1, -0.05) is 48.0 Å². The second kappa shape index (κ2) is 4.64. The summed E-state index contributed by atoms with van der Waals surface area (Å²) in [5, 5.41) is 3.73. The Morgan fingerprint density at radius 1 is 1.10 bits per heavy atom. The number of nitrogens with one attached hydrogen (secondary N) is 1. The van der Waals surface area contributed by atoms with Crippen LogP contribution in [0.25, 0.3) is 0 Å². The summed E-state index contributed by atoms with van der Waals surface area (Å²) in [4.78, 5) is 0. The molecule has 20 heavy (non-hydrogen) atoms. The van der Waals surface area contributed by atoms with Gasteiger partial charge < -0.3 is 10.1 Å². The Hall–Kier alpha value is -1.80. The molecule has 2 unspecified atom stereocenters. The molecule has 0 aromatic heterocycles. The van der Waals surface area contributed by atoms with E-state index in [1.807, 2.05) is 0 Å². The van der Waals surface area contributed by atoms with E-state index in [0.717, 1.165) is 13.0 Å². The normalized spacial score (nSPS) is 27.6. The van der Waals surface area contributed by atoms with E-state index in [0.29, 0.717) is 12.0 Å². The molecule has 102 valence electrons. The zero-order valence-corrected chi connectivity index (χ0v) is 11.7. The summed E-state index contributed by atoms with van der Waals surface area (Å²) < 4.78 is 6.05. The number of ether oxygens (including phenoxy) is 1. The lowest BCUT2D eigenvalue weighted by molar-refractivity contribution is 0.0829. The predicted octanol–water partition coefficient (Wildman–Crippen LogP) is 4.24. The van der Waals surface area contributed by atoms with Gasteiger partial charge >= 0.3 is 0 Å². The van der Waals surface area contributed by atoms with Crippen molar-refractivity contribution in [1.29, 1.82) is 0 Å². The summed E-state index contributed by atoms with van der Waals surface area (Å²) in [6, 6.07) is 17.7. The lowest BCUT2D eigenvalue weighted by atomic mass is 9.81. The Morgan fingerprint density at radius 2 is 1.95 bits per heavy atom. The van der Waals surface area contributed by atoms with E-state index in [4.69, 9.17) is 4.74 Å². The smallest absolute Gasteiger partial charge is 0.0896 e. The van der Waals surface area contributed by atoms with Crippen molar-refractivity contribution in [1.82, 2.24) is 0 Å². The van der Waals surface area contributed by atoms with E-state index < -0.39 is 0 Å². The summed E-state index contributed by atoms with van der Waals surface area (Å²) >= 11 is 0. The maximum absolute atomic E-state index is 6.05. The zero-order valence-electron chi connectivity index (χ0n) is 11.7. The minimum atomic E-state index is 0.247. The van der Waals surface area contributed by atoms with E-state index in [-0.39, 0.29) is 6.10 Å². The van der Waals surface area contributed by atoms with E-state index in [1.54, 1.807) is 0 Å². The predicted molar refractivity (Wildman–Crippen MR) is 80.8 cm³/mol. The van der Waals surface area contributed by atoms with Crippen LogP contribution in [0.3, 0.4) is 0 Å². The third-order valence-electron chi connectivity index (χ3n) is 4.55. The minimum absolute atomic E-state index is 0.247. The van der Waals surface area contributed by atoms with Crippen molar-refractivity contribution in [3.05, 3.63) is 65.2 Å². The Balaban J connectivity index is 1.79. The fourth-order valence-corrected chi connectivity index (χ4v) is 3.58. The summed E-state index contributed by atoms with van der Waals surface area (Å²) in [7, 11) is 0. The zero-order chi connectivity index (χ0) is 13.5. The number of anilines is 1. The molecule has 2 aliphatic heterocycles. The molecule has 0 spiro atoms. The molecule has 1 saturated heterocycles. The van der Waals surface area contributed by atoms with Gasteiger partial charge in [-0.2, -0.15) is 0 Å². The second-order valence-corrected chi connectivity index (χ2v) is 5.87. The lowest BCUT2D eigenvalue weighted by Crippen LogP contribution is -2.29. The minimum Gasteiger partial charge on any atom is -0.378 e. The van der Waals surface area contributed by atoms with Gasteiger partial charge in [0.25, 0.3) is 0 Å². The van der Waals surface area contributed by atoms with Gasteiger partial charge in [0.2, 0.25) is 0 Å². The third-order valence-corrected chi connectivity index (χ3v) is 4.55. The molecule has 2 heteroatoms. The Labute approximate surface area is 119 Å². The van der Waals surface area contributed by atoms with Gasteiger partial charge in [0, 0.05) is 23.8 Å². The first-order chi connectivity index (χ1) is 9.83. The molecule has 0 aliphatic carbocycles. The Morgan fingerprint density at radius 3 is 2.80 bits per heavy atom. The van der Waals surface area contributed by atoms with Crippen molar-refractivity contribution in [2.75, 3.05) is 11.9 Å². The molecule has 3 atom stereocenters. The van der Waals surface area contributed by atoms with Crippen LogP contribution in [0.4, 0.5) is 5.69 Å². The van der Waals surface area contributed by atoms with E-state index in [2.05, 4.69) is 60.8 Å². The largest absolute Gasteiger partial charge is 0.378 e. The second-order valence-electron chi connectivity index (χ2n) is 5.87. The van der Waals surface area contributed by atoms with Gasteiger partial charge in [-0.15, -0.1) is 0 Å². The van der Waals surface area contributed by atoms with Crippen molar-refractivity contribution >= 4 is 5.69 Å². The first-order valence-corrected chi connectivity index (χ1v) is 7.36. The number of fused-ring (bicyclic) bond motifs is 3. The van der Waals surface area contributed by atoms with Crippen LogP contribution in [-0.2, 0) is 4.74 Å². The van der Waals surface area contributed by atoms with Gasteiger partial charge in [0.15, 0.2) is 0 Å². The highest BCUT2D eigenvalue weighted by Gasteiger charge is 2.41. The van der Waals surface area contributed by atoms with Crippen LogP contribution >= 0.6 is 0 Å². The topological polar surface area (TPSA) is 21.3 Å². The first-order valence-electron chi connectivity index (χ1n) is 7.36. The first kappa shape index (κ1) is 12.0. The van der Waals surface area contributed by atoms with Crippen molar-refractivity contribution in [2.24, 2.45) is 5.92 Å². The number of aryl methyl sites for hydroxylation is 1. The highest BCUT2D eigenvalue weighted by Crippen LogP contribution is 2.49. The maximum Gasteiger partial charge on any atom is 0.0896 e. The SMILES string of the molecule is Cc1ccc2c(c1)C1OCCC1[C@@H](c1ccccc1)N2. The molecule has 2 aromatic rings. The molecule has 2 heterocycles. The number of hydrogen-bond donors (Lipinski definition) is 1. The van der Waals surface area contributed by atoms with E-state index in [1.165, 1.54) is 22.4 Å². The molecule has 0 bridgehead atoms. The molecule has 0 saturated carbocycles. The number of rotatable bonds is 1. The van der Waals surface area contributed by atoms with Crippen LogP contribution in [0.2, 0.25) is 0 Å². The molecule has 2 nitrogen and oxygen atoms in total. The Bertz CT molecular complexity index is 623. The lowest BCUT2D eigenvalue weighted by Gasteiger charge is -2.36. The molecule has 4 rings (SSSR count). The van der Waals surface area contributed by atoms with Crippen LogP contribution in [0.1, 0.15) is 35.3 Å². The Kier molecular flexibility index (Phi) is 2.78. The van der Waals surface area contributed by atoms with Gasteiger partial charge in [0.1, 0.15) is 0 Å². The molecule has 0 amide bonds.